The van der Waals surface area contributed by atoms with Gasteiger partial charge in [0.05, 0.1) is 20.6 Å². The summed E-state index contributed by atoms with van der Waals surface area (Å²) < 4.78 is 0. The van der Waals surface area contributed by atoms with Crippen LogP contribution in [-0.2, 0) is 36.5 Å². The smallest absolute Gasteiger partial charge is 0.194 e. The molecule has 15 heteroatoms. The summed E-state index contributed by atoms with van der Waals surface area (Å²) in [5.41, 5.74) is 23.0. The number of rotatable bonds is 30. The number of fused-ring (bicyclic) bond motifs is 9. The van der Waals surface area contributed by atoms with Crippen molar-refractivity contribution in [3.63, 3.8) is 0 Å². The minimum absolute atomic E-state index is 0.0244. The maximum Gasteiger partial charge on any atom is 0.194 e. The van der Waals surface area contributed by atoms with E-state index in [0.717, 1.165) is 130 Å². The van der Waals surface area contributed by atoms with Crippen molar-refractivity contribution in [3.8, 4) is 78.2 Å². The number of hydrogen-bond donors (Lipinski definition) is 0. The van der Waals surface area contributed by atoms with Crippen LogP contribution in [-0.4, -0.2) is 29.9 Å². The van der Waals surface area contributed by atoms with Gasteiger partial charge in [-0.15, -0.1) is 45.3 Å². The van der Waals surface area contributed by atoms with Gasteiger partial charge in [-0.05, 0) is 223 Å². The molecule has 0 atom stereocenters. The first kappa shape index (κ1) is 92.1. The molecule has 0 aliphatic heterocycles. The van der Waals surface area contributed by atoms with Crippen LogP contribution < -0.4 is 0 Å². The van der Waals surface area contributed by atoms with E-state index in [1.807, 2.05) is 66.8 Å². The SMILES string of the molecule is CCCCCCc1ccc(C2(c3ccc(CCCCCC)cc3)c3cc(-c4ccc(/C=C5\C(=O)c6ccccc6C5=C(C#N)C#N)s4)ccc3-c3sc(/C=C4\C(=O)c5ccccc5C4=C(C#N)C#N)cc32)cc1.CCCCCCc1ccc(C2(c3ccc(CCCCCC)cc3)c3cc(-c4ccc(C=O)s4)ccc3-c3sc(C=O)cc32)cc1.N#CC(C#N)=C1CC(=O)c2ccccc21. The van der Waals surface area contributed by atoms with E-state index in [1.165, 1.54) is 156 Å². The molecule has 18 rings (SSSR count). The molecule has 0 bridgehead atoms. The van der Waals surface area contributed by atoms with Gasteiger partial charge in [-0.2, -0.15) is 31.6 Å². The van der Waals surface area contributed by atoms with E-state index in [0.29, 0.717) is 55.7 Å². The largest absolute Gasteiger partial charge is 0.297 e. The second-order valence-corrected chi connectivity index (χ2v) is 38.9. The molecular formula is C118H98N6O5S4. The highest BCUT2D eigenvalue weighted by Crippen LogP contribution is 2.62. The van der Waals surface area contributed by atoms with Crippen LogP contribution in [0.3, 0.4) is 0 Å². The average Bonchev–Trinajstić information content (AvgIpc) is 1.53. The highest BCUT2D eigenvalue weighted by molar-refractivity contribution is 7.18. The Labute approximate surface area is 795 Å². The van der Waals surface area contributed by atoms with E-state index in [1.54, 1.807) is 94.7 Å². The molecule has 9 aromatic carbocycles. The van der Waals surface area contributed by atoms with Gasteiger partial charge in [0.25, 0.3) is 0 Å². The molecule has 0 fully saturated rings. The fraction of sp³-hybridized carbons (Fsp3) is 0.229. The fourth-order valence-electron chi connectivity index (χ4n) is 19.8. The Morgan fingerprint density at radius 2 is 0.654 bits per heavy atom. The highest BCUT2D eigenvalue weighted by atomic mass is 32.1. The molecule has 0 amide bonds. The van der Waals surface area contributed by atoms with Crippen molar-refractivity contribution >= 4 is 104 Å². The van der Waals surface area contributed by atoms with Crippen LogP contribution in [0, 0.1) is 68.0 Å². The van der Waals surface area contributed by atoms with Gasteiger partial charge in [0.15, 0.2) is 29.9 Å². The number of allylic oxidation sites excluding steroid dienone is 8. The topological polar surface area (TPSA) is 228 Å². The van der Waals surface area contributed by atoms with E-state index in [4.69, 9.17) is 10.5 Å². The molecule has 11 nitrogen and oxygen atoms in total. The van der Waals surface area contributed by atoms with Crippen LogP contribution in [0.15, 0.2) is 271 Å². The molecule has 0 saturated heterocycles. The second-order valence-electron chi connectivity index (χ2n) is 34.5. The number of hydrogen-bond acceptors (Lipinski definition) is 15. The molecular weight excluding hydrogens is 1710 g/mol. The minimum Gasteiger partial charge on any atom is -0.297 e. The number of unbranched alkanes of at least 4 members (excludes halogenated alkanes) is 12. The zero-order chi connectivity index (χ0) is 92.7. The van der Waals surface area contributed by atoms with Gasteiger partial charge < -0.3 is 0 Å². The summed E-state index contributed by atoms with van der Waals surface area (Å²) in [5.74, 6) is -0.447. The summed E-state index contributed by atoms with van der Waals surface area (Å²) in [5, 5.41) is 57.7. The van der Waals surface area contributed by atoms with E-state index in [-0.39, 0.29) is 40.5 Å². The Morgan fingerprint density at radius 3 is 1.02 bits per heavy atom. The van der Waals surface area contributed by atoms with Crippen LogP contribution in [0.5, 0.6) is 0 Å². The van der Waals surface area contributed by atoms with E-state index in [9.17, 15) is 45.0 Å². The third-order valence-corrected chi connectivity index (χ3v) is 30.7. The lowest BCUT2D eigenvalue weighted by Crippen LogP contribution is -2.28. The number of thiophene rings is 4. The van der Waals surface area contributed by atoms with Crippen molar-refractivity contribution in [2.24, 2.45) is 0 Å². The normalized spacial score (nSPS) is 14.0. The van der Waals surface area contributed by atoms with Gasteiger partial charge >= 0.3 is 0 Å². The van der Waals surface area contributed by atoms with Crippen LogP contribution >= 0.6 is 45.3 Å². The molecule has 654 valence electrons. The molecule has 5 aliphatic carbocycles. The summed E-state index contributed by atoms with van der Waals surface area (Å²) in [4.78, 5) is 70.8. The van der Waals surface area contributed by atoms with E-state index < -0.39 is 10.8 Å². The van der Waals surface area contributed by atoms with Crippen LogP contribution in [0.4, 0.5) is 0 Å². The maximum absolute atomic E-state index is 14.2. The molecule has 0 N–H and O–H groups in total. The molecule has 0 radical (unpaired) electrons. The lowest BCUT2D eigenvalue weighted by atomic mass is 9.67. The number of nitrogens with zero attached hydrogens (tertiary/aromatic N) is 6. The number of benzene rings is 9. The van der Waals surface area contributed by atoms with Gasteiger partial charge in [-0.25, -0.2) is 0 Å². The second kappa shape index (κ2) is 41.9. The van der Waals surface area contributed by atoms with Crippen LogP contribution in [0.1, 0.15) is 280 Å². The molecule has 5 aliphatic rings. The molecule has 0 unspecified atom stereocenters. The zero-order valence-corrected chi connectivity index (χ0v) is 78.4. The van der Waals surface area contributed by atoms with Gasteiger partial charge in [-0.1, -0.05) is 299 Å². The summed E-state index contributed by atoms with van der Waals surface area (Å²) in [6.07, 6.45) is 29.4. The van der Waals surface area contributed by atoms with E-state index in [2.05, 4.69) is 191 Å². The predicted molar refractivity (Wildman–Crippen MR) is 539 cm³/mol. The number of aryl methyl sites for hydroxylation is 4. The number of aldehydes is 2. The van der Waals surface area contributed by atoms with Crippen molar-refractivity contribution in [1.29, 1.82) is 31.6 Å². The first-order chi connectivity index (χ1) is 65.2. The fourth-order valence-corrected chi connectivity index (χ4v) is 23.8. The van der Waals surface area contributed by atoms with Gasteiger partial charge in [0, 0.05) is 74.7 Å². The predicted octanol–water partition coefficient (Wildman–Crippen LogP) is 30.0. The van der Waals surface area contributed by atoms with Crippen molar-refractivity contribution < 1.29 is 24.0 Å². The summed E-state index contributed by atoms with van der Waals surface area (Å²) in [6.45, 7) is 8.98. The lowest BCUT2D eigenvalue weighted by Gasteiger charge is -2.34. The van der Waals surface area contributed by atoms with Crippen molar-refractivity contribution in [3.05, 3.63) is 390 Å². The lowest BCUT2D eigenvalue weighted by molar-refractivity contribution is 0.100. The van der Waals surface area contributed by atoms with E-state index >= 15 is 0 Å². The Hall–Kier alpha value is -14.2. The van der Waals surface area contributed by atoms with Crippen molar-refractivity contribution in [2.75, 3.05) is 0 Å². The standard InChI is InChI=1S/C65H50N4O2S2.C41H42O2S2.C12H6N2O/c1-3-5-7-9-15-41-21-26-46(27-22-41)65(47-28-23-42(24-29-47)16-10-8-6-4-2)57-33-43(59-32-30-48(72-59)34-55-60(44(37-66)38-67)50-17-11-13-19-52(50)62(55)70)25-31-54(57)64-58(65)36-49(73-64)35-56-61(45(39-68)40-69)51-18-12-14-20-53(51)63(56)71;1-3-5-7-9-11-29-13-18-32(19-14-29)41(33-20-15-30(16-21-33)12-10-8-6-4-2)37-25-31(39-24-22-34(27-42)44-39)17-23-36(37)40-38(41)26-35(28-43)45-40;13-6-8(7-14)11-5-12(15)10-4-2-1-3-9(10)11/h11-14,17-36H,3-10,15-16H2,1-2H3;13-28H,3-12H2,1-2H3;1-4H,5H2/b55-34-,56-35-;;. The average molecular weight is 1810 g/mol. The van der Waals surface area contributed by atoms with Crippen molar-refractivity contribution in [1.82, 2.24) is 0 Å². The summed E-state index contributed by atoms with van der Waals surface area (Å²) in [6, 6.07) is 95.8. The molecule has 0 saturated carbocycles. The van der Waals surface area contributed by atoms with Crippen molar-refractivity contribution in [2.45, 2.75) is 173 Å². The van der Waals surface area contributed by atoms with Crippen LogP contribution in [0.2, 0.25) is 0 Å². The molecule has 4 aromatic heterocycles. The Kier molecular flexibility index (Phi) is 29.0. The van der Waals surface area contributed by atoms with Gasteiger partial charge in [-0.3, -0.25) is 24.0 Å². The number of Topliss-reactive ketones (excluding diaryl/α,β-unsaturated/α-hetero) is 3. The number of nitriles is 6. The maximum atomic E-state index is 14.2. The summed E-state index contributed by atoms with van der Waals surface area (Å²) in [7, 11) is 0. The number of carbonyl (C=O) groups is 5. The molecule has 133 heavy (non-hydrogen) atoms. The number of ketones is 3. The zero-order valence-electron chi connectivity index (χ0n) is 75.1. The van der Waals surface area contributed by atoms with Crippen LogP contribution in [0.25, 0.3) is 70.6 Å². The quantitative estimate of drug-likeness (QED) is 0.0178. The highest BCUT2D eigenvalue weighted by Gasteiger charge is 2.50. The third-order valence-electron chi connectivity index (χ3n) is 26.4. The van der Waals surface area contributed by atoms with Gasteiger partial charge in [0.2, 0.25) is 0 Å². The molecule has 4 heterocycles. The summed E-state index contributed by atoms with van der Waals surface area (Å²) >= 11 is 6.28. The minimum atomic E-state index is -0.782. The first-order valence-electron chi connectivity index (χ1n) is 46.2. The molecule has 0 spiro atoms. The number of carbonyl (C=O) groups excluding carboxylic acids is 5. The Balaban J connectivity index is 0.000000180. The molecule has 13 aromatic rings. The third kappa shape index (κ3) is 18.2. The first-order valence-corrected chi connectivity index (χ1v) is 49.5. The monoisotopic (exact) mass is 1810 g/mol. The Bertz CT molecular complexity index is 6990. The van der Waals surface area contributed by atoms with Gasteiger partial charge in [0.1, 0.15) is 53.1 Å². The Morgan fingerprint density at radius 1 is 0.316 bits per heavy atom.